The molecule has 0 fully saturated rings. The highest BCUT2D eigenvalue weighted by Gasteiger charge is 2.17. The molecule has 0 aliphatic rings. The van der Waals surface area contributed by atoms with Crippen molar-refractivity contribution in [3.05, 3.63) is 22.7 Å². The Morgan fingerprint density at radius 3 is 2.74 bits per heavy atom. The minimum Gasteiger partial charge on any atom is -0.399 e. The minimum absolute atomic E-state index is 0.171. The van der Waals surface area contributed by atoms with Gasteiger partial charge in [0.05, 0.1) is 4.90 Å². The summed E-state index contributed by atoms with van der Waals surface area (Å²) in [6.07, 6.45) is 2.64. The van der Waals surface area contributed by atoms with Crippen LogP contribution in [0.2, 0.25) is 0 Å². The van der Waals surface area contributed by atoms with Crippen LogP contribution < -0.4 is 10.5 Å². The zero-order valence-corrected chi connectivity index (χ0v) is 13.3. The molecule has 19 heavy (non-hydrogen) atoms. The Morgan fingerprint density at radius 1 is 1.32 bits per heavy atom. The van der Waals surface area contributed by atoms with Crippen LogP contribution in [-0.2, 0) is 14.8 Å². The lowest BCUT2D eigenvalue weighted by Crippen LogP contribution is -2.25. The van der Waals surface area contributed by atoms with Gasteiger partial charge in [0.15, 0.2) is 0 Å². The number of methoxy groups -OCH3 is 1. The SMILES string of the molecule is COCCCCCNS(=O)(=O)c1cc(N)ccc1Br. The number of nitrogen functional groups attached to an aromatic ring is 1. The van der Waals surface area contributed by atoms with Crippen LogP contribution in [0.25, 0.3) is 0 Å². The first kappa shape index (κ1) is 16.4. The van der Waals surface area contributed by atoms with E-state index in [0.29, 0.717) is 23.3 Å². The lowest BCUT2D eigenvalue weighted by Gasteiger charge is -2.09. The summed E-state index contributed by atoms with van der Waals surface area (Å²) in [5.74, 6) is 0. The van der Waals surface area contributed by atoms with Crippen LogP contribution in [0.15, 0.2) is 27.6 Å². The summed E-state index contributed by atoms with van der Waals surface area (Å²) in [4.78, 5) is 0.171. The lowest BCUT2D eigenvalue weighted by atomic mass is 10.2. The lowest BCUT2D eigenvalue weighted by molar-refractivity contribution is 0.192. The van der Waals surface area contributed by atoms with E-state index >= 15 is 0 Å². The molecule has 1 rings (SSSR count). The quantitative estimate of drug-likeness (QED) is 0.555. The maximum absolute atomic E-state index is 12.1. The Balaban J connectivity index is 2.54. The molecule has 0 heterocycles. The summed E-state index contributed by atoms with van der Waals surface area (Å²) < 4.78 is 32.1. The smallest absolute Gasteiger partial charge is 0.241 e. The van der Waals surface area contributed by atoms with Gasteiger partial charge in [-0.2, -0.15) is 0 Å². The molecule has 5 nitrogen and oxygen atoms in total. The van der Waals surface area contributed by atoms with Crippen LogP contribution in [0.5, 0.6) is 0 Å². The van der Waals surface area contributed by atoms with Gasteiger partial charge in [0.25, 0.3) is 0 Å². The van der Waals surface area contributed by atoms with Crippen molar-refractivity contribution >= 4 is 31.6 Å². The molecule has 1 aromatic rings. The molecule has 0 unspecified atom stereocenters. The average molecular weight is 351 g/mol. The first-order valence-corrected chi connectivity index (χ1v) is 8.28. The largest absolute Gasteiger partial charge is 0.399 e. The molecule has 0 amide bonds. The predicted octanol–water partition coefficient (Wildman–Crippen LogP) is 2.13. The Kier molecular flexibility index (Phi) is 6.78. The fourth-order valence-electron chi connectivity index (χ4n) is 1.56. The maximum Gasteiger partial charge on any atom is 0.241 e. The van der Waals surface area contributed by atoms with Crippen LogP contribution >= 0.6 is 15.9 Å². The van der Waals surface area contributed by atoms with Crippen molar-refractivity contribution in [3.63, 3.8) is 0 Å². The van der Waals surface area contributed by atoms with E-state index in [1.807, 2.05) is 0 Å². The number of anilines is 1. The third-order valence-corrected chi connectivity index (χ3v) is 5.02. The number of sulfonamides is 1. The fourth-order valence-corrected chi connectivity index (χ4v) is 3.63. The molecule has 0 aliphatic carbocycles. The van der Waals surface area contributed by atoms with Crippen LogP contribution in [0, 0.1) is 0 Å². The van der Waals surface area contributed by atoms with E-state index in [1.165, 1.54) is 6.07 Å². The molecule has 0 atom stereocenters. The second-order valence-electron chi connectivity index (χ2n) is 4.14. The van der Waals surface area contributed by atoms with Gasteiger partial charge in [-0.25, -0.2) is 13.1 Å². The van der Waals surface area contributed by atoms with Crippen molar-refractivity contribution < 1.29 is 13.2 Å². The Labute approximate surface area is 122 Å². The molecule has 0 saturated heterocycles. The summed E-state index contributed by atoms with van der Waals surface area (Å²) in [7, 11) is -1.86. The fraction of sp³-hybridized carbons (Fsp3) is 0.500. The van der Waals surface area contributed by atoms with E-state index in [-0.39, 0.29) is 4.90 Å². The van der Waals surface area contributed by atoms with E-state index in [4.69, 9.17) is 10.5 Å². The normalized spacial score (nSPS) is 11.7. The van der Waals surface area contributed by atoms with Crippen LogP contribution in [0.3, 0.4) is 0 Å². The van der Waals surface area contributed by atoms with Gasteiger partial charge in [0, 0.05) is 30.4 Å². The molecule has 108 valence electrons. The number of benzene rings is 1. The Morgan fingerprint density at radius 2 is 2.05 bits per heavy atom. The van der Waals surface area contributed by atoms with E-state index in [1.54, 1.807) is 19.2 Å². The standard InChI is InChI=1S/C12H19BrN2O3S/c1-18-8-4-2-3-7-15-19(16,17)12-9-10(14)5-6-11(12)13/h5-6,9,15H,2-4,7-8,14H2,1H3. The highest BCUT2D eigenvalue weighted by molar-refractivity contribution is 9.10. The molecule has 0 aliphatic heterocycles. The monoisotopic (exact) mass is 350 g/mol. The number of nitrogens with one attached hydrogen (secondary N) is 1. The van der Waals surface area contributed by atoms with Gasteiger partial charge in [-0.1, -0.05) is 0 Å². The summed E-state index contributed by atoms with van der Waals surface area (Å²) in [5, 5.41) is 0. The molecule has 0 radical (unpaired) electrons. The number of hydrogen-bond acceptors (Lipinski definition) is 4. The summed E-state index contributed by atoms with van der Waals surface area (Å²) in [6.45, 7) is 1.11. The van der Waals surface area contributed by atoms with Crippen molar-refractivity contribution in [1.82, 2.24) is 4.72 Å². The third-order valence-electron chi connectivity index (χ3n) is 2.56. The average Bonchev–Trinajstić information content (AvgIpc) is 2.36. The number of hydrogen-bond donors (Lipinski definition) is 2. The third kappa shape index (κ3) is 5.48. The first-order chi connectivity index (χ1) is 8.97. The van der Waals surface area contributed by atoms with E-state index in [9.17, 15) is 8.42 Å². The second-order valence-corrected chi connectivity index (χ2v) is 6.73. The van der Waals surface area contributed by atoms with Crippen LogP contribution in [-0.4, -0.2) is 28.7 Å². The van der Waals surface area contributed by atoms with Gasteiger partial charge in [-0.15, -0.1) is 0 Å². The number of ether oxygens (including phenoxy) is 1. The molecule has 0 aromatic heterocycles. The predicted molar refractivity (Wildman–Crippen MR) is 79.5 cm³/mol. The molecule has 0 saturated carbocycles. The highest BCUT2D eigenvalue weighted by Crippen LogP contribution is 2.23. The maximum atomic E-state index is 12.1. The van der Waals surface area contributed by atoms with Crippen molar-refractivity contribution in [2.45, 2.75) is 24.2 Å². The number of rotatable bonds is 8. The van der Waals surface area contributed by atoms with Gasteiger partial charge in [-0.3, -0.25) is 0 Å². The molecule has 3 N–H and O–H groups in total. The molecule has 0 spiro atoms. The minimum atomic E-state index is -3.51. The van der Waals surface area contributed by atoms with Gasteiger partial charge in [0.2, 0.25) is 10.0 Å². The van der Waals surface area contributed by atoms with Gasteiger partial charge in [0.1, 0.15) is 0 Å². The highest BCUT2D eigenvalue weighted by atomic mass is 79.9. The summed E-state index contributed by atoms with van der Waals surface area (Å²) in [5.41, 5.74) is 6.03. The van der Waals surface area contributed by atoms with Crippen molar-refractivity contribution in [3.8, 4) is 0 Å². The van der Waals surface area contributed by atoms with Crippen molar-refractivity contribution in [2.75, 3.05) is 26.0 Å². The number of halogens is 1. The zero-order valence-electron chi connectivity index (χ0n) is 10.9. The van der Waals surface area contributed by atoms with E-state index < -0.39 is 10.0 Å². The molecule has 0 bridgehead atoms. The summed E-state index contributed by atoms with van der Waals surface area (Å²) in [6, 6.07) is 4.72. The molecule has 1 aromatic carbocycles. The topological polar surface area (TPSA) is 81.4 Å². The summed E-state index contributed by atoms with van der Waals surface area (Å²) >= 11 is 3.22. The molecule has 7 heteroatoms. The zero-order chi connectivity index (χ0) is 14.3. The molecular formula is C12H19BrN2O3S. The van der Waals surface area contributed by atoms with Crippen LogP contribution in [0.4, 0.5) is 5.69 Å². The van der Waals surface area contributed by atoms with Gasteiger partial charge in [-0.05, 0) is 53.4 Å². The molecular weight excluding hydrogens is 332 g/mol. The second kappa shape index (κ2) is 7.84. The first-order valence-electron chi connectivity index (χ1n) is 6.01. The van der Waals surface area contributed by atoms with Crippen LogP contribution in [0.1, 0.15) is 19.3 Å². The Bertz CT molecular complexity index is 506. The van der Waals surface area contributed by atoms with Gasteiger partial charge >= 0.3 is 0 Å². The van der Waals surface area contributed by atoms with Crippen molar-refractivity contribution in [1.29, 1.82) is 0 Å². The number of unbranched alkanes of at least 4 members (excludes halogenated alkanes) is 2. The van der Waals surface area contributed by atoms with Gasteiger partial charge < -0.3 is 10.5 Å². The number of nitrogens with two attached hydrogens (primary N) is 1. The van der Waals surface area contributed by atoms with Crippen molar-refractivity contribution in [2.24, 2.45) is 0 Å². The van der Waals surface area contributed by atoms with E-state index in [0.717, 1.165) is 19.3 Å². The van der Waals surface area contributed by atoms with E-state index in [2.05, 4.69) is 20.7 Å². The Hall–Kier alpha value is -0.630.